The van der Waals surface area contributed by atoms with Gasteiger partial charge in [-0.05, 0) is 30.7 Å². The van der Waals surface area contributed by atoms with Gasteiger partial charge in [-0.3, -0.25) is 4.90 Å². The number of para-hydroxylation sites is 2. The largest absolute Gasteiger partial charge is 0.491 e. The van der Waals surface area contributed by atoms with Gasteiger partial charge in [-0.1, -0.05) is 30.3 Å². The molecule has 5 heteroatoms. The summed E-state index contributed by atoms with van der Waals surface area (Å²) in [5.41, 5.74) is 1.72. The van der Waals surface area contributed by atoms with E-state index in [1.54, 1.807) is 6.07 Å². The van der Waals surface area contributed by atoms with Crippen LogP contribution < -0.4 is 9.64 Å². The number of ether oxygens (including phenoxy) is 1. The average Bonchev–Trinajstić information content (AvgIpc) is 2.62. The lowest BCUT2D eigenvalue weighted by Gasteiger charge is -2.37. The Morgan fingerprint density at radius 2 is 1.72 bits per heavy atom. The van der Waals surface area contributed by atoms with Crippen LogP contribution in [0.2, 0.25) is 0 Å². The summed E-state index contributed by atoms with van der Waals surface area (Å²) in [5.74, 6) is 0.633. The standard InChI is InChI=1S/C20H25FN2O2/c1-16-6-2-5-9-20(16)25-15-17(24)14-22-10-12-23(13-11-22)19-8-4-3-7-18(19)21/h2-9,17,24H,10-15H2,1H3. The van der Waals surface area contributed by atoms with Crippen molar-refractivity contribution in [2.75, 3.05) is 44.2 Å². The van der Waals surface area contributed by atoms with E-state index in [0.717, 1.165) is 37.5 Å². The fourth-order valence-corrected chi connectivity index (χ4v) is 3.13. The van der Waals surface area contributed by atoms with Crippen LogP contribution in [0.25, 0.3) is 0 Å². The summed E-state index contributed by atoms with van der Waals surface area (Å²) in [7, 11) is 0. The molecule has 1 atom stereocenters. The number of rotatable bonds is 6. The first kappa shape index (κ1) is 17.7. The number of halogens is 1. The van der Waals surface area contributed by atoms with Crippen LogP contribution in [0.15, 0.2) is 48.5 Å². The zero-order valence-corrected chi connectivity index (χ0v) is 14.6. The molecule has 2 aromatic rings. The predicted molar refractivity (Wildman–Crippen MR) is 97.7 cm³/mol. The van der Waals surface area contributed by atoms with Gasteiger partial charge >= 0.3 is 0 Å². The molecule has 0 saturated carbocycles. The molecule has 0 amide bonds. The Bertz CT molecular complexity index is 687. The second-order valence-electron chi connectivity index (χ2n) is 6.47. The van der Waals surface area contributed by atoms with Crippen molar-refractivity contribution in [1.82, 2.24) is 4.90 Å². The van der Waals surface area contributed by atoms with Gasteiger partial charge in [0.2, 0.25) is 0 Å². The predicted octanol–water partition coefficient (Wildman–Crippen LogP) is 2.70. The summed E-state index contributed by atoms with van der Waals surface area (Å²) in [4.78, 5) is 4.26. The minimum Gasteiger partial charge on any atom is -0.491 e. The van der Waals surface area contributed by atoms with E-state index < -0.39 is 6.10 Å². The summed E-state index contributed by atoms with van der Waals surface area (Å²) in [6, 6.07) is 14.7. The molecular formula is C20H25FN2O2. The second kappa shape index (κ2) is 8.32. The Balaban J connectivity index is 1.44. The fraction of sp³-hybridized carbons (Fsp3) is 0.400. The van der Waals surface area contributed by atoms with Crippen molar-refractivity contribution in [1.29, 1.82) is 0 Å². The first-order valence-electron chi connectivity index (χ1n) is 8.72. The fourth-order valence-electron chi connectivity index (χ4n) is 3.13. The highest BCUT2D eigenvalue weighted by Crippen LogP contribution is 2.20. The minimum atomic E-state index is -0.542. The smallest absolute Gasteiger partial charge is 0.146 e. The van der Waals surface area contributed by atoms with Crippen molar-refractivity contribution < 1.29 is 14.2 Å². The number of aryl methyl sites for hydroxylation is 1. The third kappa shape index (κ3) is 4.71. The molecule has 134 valence electrons. The van der Waals surface area contributed by atoms with E-state index in [0.29, 0.717) is 12.2 Å². The quantitative estimate of drug-likeness (QED) is 0.874. The van der Waals surface area contributed by atoms with Crippen molar-refractivity contribution in [2.24, 2.45) is 0 Å². The van der Waals surface area contributed by atoms with Gasteiger partial charge in [0.25, 0.3) is 0 Å². The maximum atomic E-state index is 13.9. The molecule has 0 spiro atoms. The first-order chi connectivity index (χ1) is 12.1. The number of nitrogens with zero attached hydrogens (tertiary/aromatic N) is 2. The lowest BCUT2D eigenvalue weighted by Crippen LogP contribution is -2.49. The van der Waals surface area contributed by atoms with E-state index in [1.165, 1.54) is 6.07 Å². The van der Waals surface area contributed by atoms with E-state index in [-0.39, 0.29) is 12.4 Å². The normalized spacial score (nSPS) is 16.7. The van der Waals surface area contributed by atoms with Crippen LogP contribution in [0.5, 0.6) is 5.75 Å². The number of anilines is 1. The van der Waals surface area contributed by atoms with E-state index in [1.807, 2.05) is 43.3 Å². The van der Waals surface area contributed by atoms with Crippen molar-refractivity contribution in [3.63, 3.8) is 0 Å². The molecule has 2 aromatic carbocycles. The van der Waals surface area contributed by atoms with E-state index in [2.05, 4.69) is 9.80 Å². The van der Waals surface area contributed by atoms with E-state index in [9.17, 15) is 9.50 Å². The molecule has 4 nitrogen and oxygen atoms in total. The third-order valence-electron chi connectivity index (χ3n) is 4.56. The number of β-amino-alcohol motifs (C(OH)–C–C–N with tert-alkyl or cyclic N) is 1. The molecule has 1 saturated heterocycles. The number of benzene rings is 2. The van der Waals surface area contributed by atoms with Crippen LogP contribution in [0.1, 0.15) is 5.56 Å². The van der Waals surface area contributed by atoms with E-state index in [4.69, 9.17) is 4.74 Å². The van der Waals surface area contributed by atoms with Crippen LogP contribution >= 0.6 is 0 Å². The molecule has 1 fully saturated rings. The Morgan fingerprint density at radius 3 is 2.44 bits per heavy atom. The molecule has 0 radical (unpaired) electrons. The molecule has 1 aliphatic heterocycles. The van der Waals surface area contributed by atoms with Gasteiger partial charge in [-0.25, -0.2) is 4.39 Å². The minimum absolute atomic E-state index is 0.178. The van der Waals surface area contributed by atoms with Gasteiger partial charge in [0.15, 0.2) is 0 Å². The highest BCUT2D eigenvalue weighted by Gasteiger charge is 2.21. The number of hydrogen-bond acceptors (Lipinski definition) is 4. The maximum Gasteiger partial charge on any atom is 0.146 e. The zero-order valence-electron chi connectivity index (χ0n) is 14.6. The molecule has 0 aromatic heterocycles. The Kier molecular flexibility index (Phi) is 5.89. The molecule has 1 unspecified atom stereocenters. The number of aliphatic hydroxyl groups excluding tert-OH is 1. The van der Waals surface area contributed by atoms with Crippen molar-refractivity contribution in [3.8, 4) is 5.75 Å². The first-order valence-corrected chi connectivity index (χ1v) is 8.72. The molecule has 1 N–H and O–H groups in total. The molecule has 3 rings (SSSR count). The highest BCUT2D eigenvalue weighted by molar-refractivity contribution is 5.48. The third-order valence-corrected chi connectivity index (χ3v) is 4.56. The second-order valence-corrected chi connectivity index (χ2v) is 6.47. The monoisotopic (exact) mass is 344 g/mol. The van der Waals surface area contributed by atoms with Crippen molar-refractivity contribution in [3.05, 3.63) is 59.9 Å². The number of aliphatic hydroxyl groups is 1. The molecule has 1 heterocycles. The lowest BCUT2D eigenvalue weighted by molar-refractivity contribution is 0.0660. The van der Waals surface area contributed by atoms with Gasteiger partial charge in [-0.2, -0.15) is 0 Å². The number of hydrogen-bond donors (Lipinski definition) is 1. The Hall–Kier alpha value is -2.11. The van der Waals surface area contributed by atoms with Gasteiger partial charge in [0.1, 0.15) is 24.3 Å². The summed E-state index contributed by atoms with van der Waals surface area (Å²) in [6.07, 6.45) is -0.542. The Labute approximate surface area is 148 Å². The number of piperazine rings is 1. The zero-order chi connectivity index (χ0) is 17.6. The highest BCUT2D eigenvalue weighted by atomic mass is 19.1. The molecular weight excluding hydrogens is 319 g/mol. The van der Waals surface area contributed by atoms with Gasteiger partial charge in [-0.15, -0.1) is 0 Å². The molecule has 0 bridgehead atoms. The summed E-state index contributed by atoms with van der Waals surface area (Å²) < 4.78 is 19.6. The maximum absolute atomic E-state index is 13.9. The lowest BCUT2D eigenvalue weighted by atomic mass is 10.2. The summed E-state index contributed by atoms with van der Waals surface area (Å²) in [5, 5.41) is 10.2. The topological polar surface area (TPSA) is 35.9 Å². The van der Waals surface area contributed by atoms with Crippen LogP contribution in [0.3, 0.4) is 0 Å². The van der Waals surface area contributed by atoms with Crippen molar-refractivity contribution >= 4 is 5.69 Å². The van der Waals surface area contributed by atoms with E-state index >= 15 is 0 Å². The van der Waals surface area contributed by atoms with Gasteiger partial charge in [0.05, 0.1) is 5.69 Å². The van der Waals surface area contributed by atoms with Crippen molar-refractivity contribution in [2.45, 2.75) is 13.0 Å². The SMILES string of the molecule is Cc1ccccc1OCC(O)CN1CCN(c2ccccc2F)CC1. The van der Waals surface area contributed by atoms with Crippen LogP contribution in [0, 0.1) is 12.7 Å². The molecule has 0 aliphatic carbocycles. The Morgan fingerprint density at radius 1 is 1.04 bits per heavy atom. The van der Waals surface area contributed by atoms with Gasteiger partial charge in [0, 0.05) is 32.7 Å². The van der Waals surface area contributed by atoms with Crippen LogP contribution in [0.4, 0.5) is 10.1 Å². The summed E-state index contributed by atoms with van der Waals surface area (Å²) in [6.45, 7) is 5.95. The van der Waals surface area contributed by atoms with Crippen LogP contribution in [-0.4, -0.2) is 55.4 Å². The van der Waals surface area contributed by atoms with Gasteiger partial charge < -0.3 is 14.7 Å². The molecule has 25 heavy (non-hydrogen) atoms. The molecule has 1 aliphatic rings. The van der Waals surface area contributed by atoms with Crippen LogP contribution in [-0.2, 0) is 0 Å². The summed E-state index contributed by atoms with van der Waals surface area (Å²) >= 11 is 0. The average molecular weight is 344 g/mol.